The van der Waals surface area contributed by atoms with Gasteiger partial charge in [-0.3, -0.25) is 4.52 Å². The van der Waals surface area contributed by atoms with Gasteiger partial charge in [0.2, 0.25) is 0 Å². The molecule has 0 saturated carbocycles. The van der Waals surface area contributed by atoms with Gasteiger partial charge in [-0.05, 0) is 26.0 Å². The van der Waals surface area contributed by atoms with Gasteiger partial charge in [0.1, 0.15) is 17.9 Å². The number of rotatable bonds is 8. The lowest BCUT2D eigenvalue weighted by Crippen LogP contribution is -2.43. The van der Waals surface area contributed by atoms with Crippen LogP contribution in [-0.2, 0) is 31.6 Å². The Hall–Kier alpha value is -1.25. The molecule has 3 unspecified atom stereocenters. The third kappa shape index (κ3) is 5.70. The molecule has 0 amide bonds. The van der Waals surface area contributed by atoms with E-state index in [0.717, 1.165) is 13.8 Å². The highest BCUT2D eigenvalue weighted by molar-refractivity contribution is 7.66. The van der Waals surface area contributed by atoms with Crippen molar-refractivity contribution in [3.8, 4) is 0 Å². The number of phosphoric acid groups is 3. The minimum Gasteiger partial charge on any atom is -0.398 e. The number of fused-ring (bicyclic) bond motifs is 1. The molecule has 1 aliphatic rings. The molecule has 2 aromatic heterocycles. The van der Waals surface area contributed by atoms with Crippen LogP contribution < -0.4 is 5.73 Å². The van der Waals surface area contributed by atoms with Crippen LogP contribution in [0.2, 0.25) is 0 Å². The van der Waals surface area contributed by atoms with Gasteiger partial charge < -0.3 is 39.7 Å². The molecule has 2 aromatic rings. The van der Waals surface area contributed by atoms with Crippen molar-refractivity contribution >= 4 is 40.2 Å². The van der Waals surface area contributed by atoms with Crippen LogP contribution in [0.15, 0.2) is 24.5 Å². The number of aromatic nitrogens is 2. The van der Waals surface area contributed by atoms with Gasteiger partial charge in [0, 0.05) is 23.5 Å². The molecule has 33 heavy (non-hydrogen) atoms. The Morgan fingerprint density at radius 3 is 2.45 bits per heavy atom. The molecule has 0 spiro atoms. The number of ether oxygens (including phenoxy) is 1. The molecular formula is C14H21FN3O12P3. The summed E-state index contributed by atoms with van der Waals surface area (Å²) in [4.78, 5) is 40.2. The van der Waals surface area contributed by atoms with E-state index in [-0.39, 0.29) is 5.65 Å². The number of nitrogens with two attached hydrogens (primary N) is 1. The highest BCUT2D eigenvalue weighted by atomic mass is 31.3. The lowest BCUT2D eigenvalue weighted by Gasteiger charge is -2.26. The number of phosphoric ester groups is 1. The lowest BCUT2D eigenvalue weighted by atomic mass is 9.96. The third-order valence-electron chi connectivity index (χ3n) is 4.74. The summed E-state index contributed by atoms with van der Waals surface area (Å²) in [6.07, 6.45) is -3.86. The summed E-state index contributed by atoms with van der Waals surface area (Å²) < 4.78 is 68.4. The molecule has 7 N–H and O–H groups in total. The van der Waals surface area contributed by atoms with E-state index < -0.39 is 53.7 Å². The Morgan fingerprint density at radius 1 is 1.21 bits per heavy atom. The molecule has 3 rings (SSSR count). The number of nitrogen functional groups attached to an aromatic ring is 1. The number of aliphatic hydroxyl groups is 1. The fourth-order valence-corrected chi connectivity index (χ4v) is 6.57. The number of halogens is 1. The van der Waals surface area contributed by atoms with E-state index in [0.29, 0.717) is 11.1 Å². The molecule has 0 aromatic carbocycles. The summed E-state index contributed by atoms with van der Waals surface area (Å²) in [5, 5.41) is 11.0. The van der Waals surface area contributed by atoms with Gasteiger partial charge in [-0.25, -0.2) is 23.1 Å². The zero-order valence-electron chi connectivity index (χ0n) is 16.9. The van der Waals surface area contributed by atoms with Crippen molar-refractivity contribution in [2.75, 3.05) is 5.73 Å². The van der Waals surface area contributed by atoms with Crippen molar-refractivity contribution in [2.24, 2.45) is 0 Å². The van der Waals surface area contributed by atoms with E-state index in [2.05, 4.69) is 18.1 Å². The Balaban J connectivity index is 1.81. The zero-order chi connectivity index (χ0) is 25.0. The SMILES string of the molecule is CC(OP(=O)(O)OP(=O)(O)OP(=O)(O)O)[C@H]1O[C@@H](n2ccc3c(N)ccnc32)[C@](C)(F)[C@@H]1O. The van der Waals surface area contributed by atoms with Crippen LogP contribution in [0.1, 0.15) is 20.1 Å². The normalized spacial score (nSPS) is 30.7. The quantitative estimate of drug-likeness (QED) is 0.262. The molecular weight excluding hydrogens is 514 g/mol. The van der Waals surface area contributed by atoms with Crippen molar-refractivity contribution in [1.29, 1.82) is 0 Å². The van der Waals surface area contributed by atoms with Crippen LogP contribution in [0.5, 0.6) is 0 Å². The van der Waals surface area contributed by atoms with Crippen LogP contribution in [0.4, 0.5) is 10.1 Å². The number of hydrogen-bond donors (Lipinski definition) is 6. The second-order valence-corrected chi connectivity index (χ2v) is 11.7. The average molecular weight is 535 g/mol. The minimum atomic E-state index is -5.75. The Kier molecular flexibility index (Phi) is 6.99. The number of nitrogens with zero attached hydrogens (tertiary/aromatic N) is 2. The number of hydrogen-bond acceptors (Lipinski definition) is 10. The van der Waals surface area contributed by atoms with E-state index >= 15 is 4.39 Å². The van der Waals surface area contributed by atoms with E-state index in [9.17, 15) is 28.6 Å². The van der Waals surface area contributed by atoms with Crippen LogP contribution in [0, 0.1) is 0 Å². The first-order chi connectivity index (χ1) is 14.9. The number of aliphatic hydroxyl groups excluding tert-OH is 1. The summed E-state index contributed by atoms with van der Waals surface area (Å²) in [6, 6.07) is 3.07. The van der Waals surface area contributed by atoms with Gasteiger partial charge in [0.05, 0.1) is 6.10 Å². The average Bonchev–Trinajstić information content (AvgIpc) is 3.11. The summed E-state index contributed by atoms with van der Waals surface area (Å²) in [6.45, 7) is 2.08. The Morgan fingerprint density at radius 2 is 1.85 bits per heavy atom. The van der Waals surface area contributed by atoms with Crippen molar-refractivity contribution < 1.29 is 60.6 Å². The Labute approximate surface area is 185 Å². The van der Waals surface area contributed by atoms with E-state index in [1.807, 2.05) is 0 Å². The lowest BCUT2D eigenvalue weighted by molar-refractivity contribution is -0.0772. The Bertz CT molecular complexity index is 1180. The zero-order valence-corrected chi connectivity index (χ0v) is 19.6. The van der Waals surface area contributed by atoms with Gasteiger partial charge in [-0.15, -0.1) is 0 Å². The minimum absolute atomic E-state index is 0.234. The van der Waals surface area contributed by atoms with E-state index in [1.165, 1.54) is 23.0 Å². The number of pyridine rings is 1. The molecule has 0 bridgehead atoms. The van der Waals surface area contributed by atoms with Crippen LogP contribution in [-0.4, -0.2) is 58.2 Å². The fraction of sp³-hybridized carbons (Fsp3) is 0.500. The highest BCUT2D eigenvalue weighted by Crippen LogP contribution is 2.66. The molecule has 1 aliphatic heterocycles. The largest absolute Gasteiger partial charge is 0.490 e. The van der Waals surface area contributed by atoms with Crippen LogP contribution in [0.3, 0.4) is 0 Å². The van der Waals surface area contributed by atoms with Crippen molar-refractivity contribution in [2.45, 2.75) is 44.1 Å². The van der Waals surface area contributed by atoms with Crippen molar-refractivity contribution in [1.82, 2.24) is 9.55 Å². The molecule has 3 heterocycles. The first kappa shape index (κ1) is 26.4. The molecule has 15 nitrogen and oxygen atoms in total. The van der Waals surface area contributed by atoms with Gasteiger partial charge in [-0.1, -0.05) is 0 Å². The van der Waals surface area contributed by atoms with Crippen molar-refractivity contribution in [3.05, 3.63) is 24.5 Å². The smallest absolute Gasteiger partial charge is 0.398 e. The predicted octanol–water partition coefficient (Wildman–Crippen LogP) is 1.34. The molecule has 7 atom stereocenters. The van der Waals surface area contributed by atoms with Gasteiger partial charge >= 0.3 is 23.5 Å². The van der Waals surface area contributed by atoms with Gasteiger partial charge in [-0.2, -0.15) is 8.62 Å². The molecule has 19 heteroatoms. The summed E-state index contributed by atoms with van der Waals surface area (Å²) in [5.74, 6) is 0. The maximum atomic E-state index is 15.5. The topological polar surface area (TPSA) is 233 Å². The summed E-state index contributed by atoms with van der Waals surface area (Å²) in [5.41, 5.74) is 3.98. The van der Waals surface area contributed by atoms with Crippen molar-refractivity contribution in [3.63, 3.8) is 0 Å². The maximum Gasteiger partial charge on any atom is 0.490 e. The molecule has 0 aliphatic carbocycles. The molecule has 1 saturated heterocycles. The maximum absolute atomic E-state index is 15.5. The van der Waals surface area contributed by atoms with Gasteiger partial charge in [0.25, 0.3) is 0 Å². The van der Waals surface area contributed by atoms with Crippen LogP contribution >= 0.6 is 23.5 Å². The van der Waals surface area contributed by atoms with E-state index in [4.69, 9.17) is 20.3 Å². The van der Waals surface area contributed by atoms with E-state index in [1.54, 1.807) is 6.07 Å². The first-order valence-corrected chi connectivity index (χ1v) is 13.5. The second kappa shape index (κ2) is 8.76. The standard InChI is InChI=1S/C14H21FN3O12P3/c1-7(28-32(23,24)30-33(25,26)29-31(20,21)22)10-11(19)14(2,15)13(27-10)18-6-4-8-9(16)3-5-17-12(8)18/h3-7,10-11,13,19H,1-2H3,(H2,16,17)(H,23,24)(H,25,26)(H2,20,21,22)/t7?,10-,11-,13-,14-/m1/s1. The number of anilines is 1. The third-order valence-corrected chi connectivity index (χ3v) is 8.66. The summed E-state index contributed by atoms with van der Waals surface area (Å²) >= 11 is 0. The molecule has 1 fully saturated rings. The highest BCUT2D eigenvalue weighted by Gasteiger charge is 2.58. The molecule has 186 valence electrons. The fourth-order valence-electron chi connectivity index (χ4n) is 3.37. The van der Waals surface area contributed by atoms with Crippen LogP contribution in [0.25, 0.3) is 11.0 Å². The number of alkyl halides is 1. The predicted molar refractivity (Wildman–Crippen MR) is 108 cm³/mol. The second-order valence-electron chi connectivity index (χ2n) is 7.31. The van der Waals surface area contributed by atoms with Gasteiger partial charge in [0.15, 0.2) is 11.9 Å². The first-order valence-electron chi connectivity index (χ1n) is 8.99. The summed E-state index contributed by atoms with van der Waals surface area (Å²) in [7, 11) is -16.9. The molecule has 0 radical (unpaired) electrons. The monoisotopic (exact) mass is 535 g/mol.